The van der Waals surface area contributed by atoms with Gasteiger partial charge < -0.3 is 5.11 Å². The van der Waals surface area contributed by atoms with E-state index in [-0.39, 0.29) is 17.9 Å². The second kappa shape index (κ2) is 2.39. The smallest absolute Gasteiger partial charge is 0.378 e. The summed E-state index contributed by atoms with van der Waals surface area (Å²) in [5, 5.41) is 8.73. The molecule has 1 heterocycles. The number of hydrogen-bond donors (Lipinski definition) is 1. The van der Waals surface area contributed by atoms with E-state index in [2.05, 4.69) is 0 Å². The monoisotopic (exact) mass is 155 g/mol. The Hall–Kier alpha value is -0.290. The average Bonchev–Trinajstić information content (AvgIpc) is 2.11. The van der Waals surface area contributed by atoms with Crippen LogP contribution in [0.5, 0.6) is 0 Å². The fraction of sp³-hybridized carbons (Fsp3) is 1.00. The fourth-order valence-corrected chi connectivity index (χ4v) is 1.04. The van der Waals surface area contributed by atoms with E-state index in [0.717, 1.165) is 0 Å². The van der Waals surface area contributed by atoms with Gasteiger partial charge >= 0.3 is 6.30 Å². The molecule has 0 saturated carbocycles. The zero-order valence-corrected chi connectivity index (χ0v) is 5.23. The minimum Gasteiger partial charge on any atom is -0.378 e. The van der Waals surface area contributed by atoms with Crippen molar-refractivity contribution < 1.29 is 18.3 Å². The number of alkyl halides is 3. The zero-order valence-electron chi connectivity index (χ0n) is 5.23. The van der Waals surface area contributed by atoms with Gasteiger partial charge in [0.2, 0.25) is 0 Å². The predicted octanol–water partition coefficient (Wildman–Crippen LogP) is 0.920. The topological polar surface area (TPSA) is 23.5 Å². The first-order valence-electron chi connectivity index (χ1n) is 3.03. The Morgan fingerprint density at radius 3 is 2.20 bits per heavy atom. The molecule has 0 aliphatic carbocycles. The molecule has 1 unspecified atom stereocenters. The minimum absolute atomic E-state index is 0.0787. The Morgan fingerprint density at radius 2 is 2.00 bits per heavy atom. The molecule has 1 fully saturated rings. The Kier molecular flexibility index (Phi) is 1.87. The summed E-state index contributed by atoms with van der Waals surface area (Å²) in [7, 11) is 0. The molecule has 1 saturated heterocycles. The van der Waals surface area contributed by atoms with Gasteiger partial charge in [0, 0.05) is 6.54 Å². The molecule has 1 atom stereocenters. The zero-order chi connectivity index (χ0) is 7.78. The van der Waals surface area contributed by atoms with Gasteiger partial charge in [0.05, 0.1) is 0 Å². The Bertz CT molecular complexity index is 125. The highest BCUT2D eigenvalue weighted by Gasteiger charge is 2.43. The van der Waals surface area contributed by atoms with E-state index in [1.165, 1.54) is 0 Å². The number of likely N-dealkylation sites (tertiary alicyclic amines) is 1. The van der Waals surface area contributed by atoms with Crippen LogP contribution in [0.4, 0.5) is 13.2 Å². The third-order valence-corrected chi connectivity index (χ3v) is 1.55. The summed E-state index contributed by atoms with van der Waals surface area (Å²) in [5.74, 6) is 0. The quantitative estimate of drug-likeness (QED) is 0.526. The molecule has 1 aliphatic heterocycles. The van der Waals surface area contributed by atoms with Crippen molar-refractivity contribution in [1.29, 1.82) is 0 Å². The van der Waals surface area contributed by atoms with Crippen LogP contribution in [-0.4, -0.2) is 29.1 Å². The van der Waals surface area contributed by atoms with Crippen LogP contribution in [0.1, 0.15) is 12.8 Å². The maximum absolute atomic E-state index is 11.8. The normalized spacial score (nSPS) is 29.4. The first kappa shape index (κ1) is 7.81. The van der Waals surface area contributed by atoms with E-state index in [0.29, 0.717) is 6.42 Å². The second-order valence-corrected chi connectivity index (χ2v) is 2.28. The fourth-order valence-electron chi connectivity index (χ4n) is 1.04. The van der Waals surface area contributed by atoms with Crippen LogP contribution in [0.15, 0.2) is 0 Å². The van der Waals surface area contributed by atoms with Crippen LogP contribution in [-0.2, 0) is 0 Å². The van der Waals surface area contributed by atoms with Crippen molar-refractivity contribution in [3.63, 3.8) is 0 Å². The standard InChI is InChI=1S/C5H8F3NO/c6-5(7,8)9-3-1-2-4(9)10/h4,10H,1-3H2. The van der Waals surface area contributed by atoms with Gasteiger partial charge in [-0.15, -0.1) is 0 Å². The molecule has 1 N–H and O–H groups in total. The first-order chi connectivity index (χ1) is 4.52. The van der Waals surface area contributed by atoms with Gasteiger partial charge in [-0.1, -0.05) is 0 Å². The molecule has 0 aromatic carbocycles. The average molecular weight is 155 g/mol. The summed E-state index contributed by atoms with van der Waals surface area (Å²) in [5.41, 5.74) is 0. The minimum atomic E-state index is -4.37. The largest absolute Gasteiger partial charge is 0.462 e. The van der Waals surface area contributed by atoms with E-state index in [4.69, 9.17) is 5.11 Å². The van der Waals surface area contributed by atoms with Crippen molar-refractivity contribution in [2.75, 3.05) is 6.54 Å². The highest BCUT2D eigenvalue weighted by molar-refractivity contribution is 4.71. The lowest BCUT2D eigenvalue weighted by Crippen LogP contribution is -2.41. The highest BCUT2D eigenvalue weighted by Crippen LogP contribution is 2.28. The second-order valence-electron chi connectivity index (χ2n) is 2.28. The number of halogens is 3. The van der Waals surface area contributed by atoms with Crippen LogP contribution in [0, 0.1) is 0 Å². The summed E-state index contributed by atoms with van der Waals surface area (Å²) >= 11 is 0. The number of nitrogens with zero attached hydrogens (tertiary/aromatic N) is 1. The lowest BCUT2D eigenvalue weighted by atomic mass is 10.4. The highest BCUT2D eigenvalue weighted by atomic mass is 19.4. The SMILES string of the molecule is OC1CCCN1C(F)(F)F. The van der Waals surface area contributed by atoms with Crippen molar-refractivity contribution in [2.45, 2.75) is 25.4 Å². The number of hydrogen-bond acceptors (Lipinski definition) is 2. The molecule has 1 aliphatic rings. The van der Waals surface area contributed by atoms with Crippen molar-refractivity contribution in [3.8, 4) is 0 Å². The van der Waals surface area contributed by atoms with Gasteiger partial charge in [-0.3, -0.25) is 0 Å². The van der Waals surface area contributed by atoms with Gasteiger partial charge in [-0.2, -0.15) is 18.1 Å². The summed E-state index contributed by atoms with van der Waals surface area (Å²) in [4.78, 5) is 0.146. The molecule has 1 rings (SSSR count). The Morgan fingerprint density at radius 1 is 1.40 bits per heavy atom. The van der Waals surface area contributed by atoms with Gasteiger partial charge in [-0.05, 0) is 12.8 Å². The van der Waals surface area contributed by atoms with Gasteiger partial charge in [-0.25, -0.2) is 0 Å². The molecule has 10 heavy (non-hydrogen) atoms. The first-order valence-corrected chi connectivity index (χ1v) is 3.03. The Labute approximate surface area is 56.2 Å². The molecule has 0 aromatic rings. The summed E-state index contributed by atoms with van der Waals surface area (Å²) in [6, 6.07) is 0. The summed E-state index contributed by atoms with van der Waals surface area (Å²) in [6.45, 7) is -0.0787. The molecule has 5 heteroatoms. The number of aliphatic hydroxyl groups is 1. The number of rotatable bonds is 0. The van der Waals surface area contributed by atoms with Crippen molar-refractivity contribution in [1.82, 2.24) is 4.90 Å². The van der Waals surface area contributed by atoms with Crippen molar-refractivity contribution in [3.05, 3.63) is 0 Å². The molecular formula is C5H8F3NO. The third kappa shape index (κ3) is 1.41. The maximum Gasteiger partial charge on any atom is 0.462 e. The van der Waals surface area contributed by atoms with Crippen molar-refractivity contribution in [2.24, 2.45) is 0 Å². The molecule has 0 bridgehead atoms. The van der Waals surface area contributed by atoms with Gasteiger partial charge in [0.15, 0.2) is 0 Å². The van der Waals surface area contributed by atoms with Gasteiger partial charge in [0.25, 0.3) is 0 Å². The molecular weight excluding hydrogens is 147 g/mol. The van der Waals surface area contributed by atoms with E-state index < -0.39 is 12.5 Å². The summed E-state index contributed by atoms with van der Waals surface area (Å²) < 4.78 is 35.3. The molecule has 0 radical (unpaired) electrons. The molecule has 0 amide bonds. The van der Waals surface area contributed by atoms with Crippen molar-refractivity contribution >= 4 is 0 Å². The Balaban J connectivity index is 2.55. The lowest BCUT2D eigenvalue weighted by molar-refractivity contribution is -0.272. The number of aliphatic hydroxyl groups excluding tert-OH is 1. The molecule has 0 aromatic heterocycles. The lowest BCUT2D eigenvalue weighted by Gasteiger charge is -2.21. The van der Waals surface area contributed by atoms with E-state index in [9.17, 15) is 13.2 Å². The maximum atomic E-state index is 11.8. The third-order valence-electron chi connectivity index (χ3n) is 1.55. The van der Waals surface area contributed by atoms with Crippen LogP contribution in [0.3, 0.4) is 0 Å². The molecule has 2 nitrogen and oxygen atoms in total. The van der Waals surface area contributed by atoms with E-state index >= 15 is 0 Å². The van der Waals surface area contributed by atoms with Crippen LogP contribution in [0.25, 0.3) is 0 Å². The van der Waals surface area contributed by atoms with Gasteiger partial charge in [0.1, 0.15) is 6.23 Å². The van der Waals surface area contributed by atoms with E-state index in [1.807, 2.05) is 0 Å². The van der Waals surface area contributed by atoms with Crippen LogP contribution < -0.4 is 0 Å². The van der Waals surface area contributed by atoms with Crippen LogP contribution >= 0.6 is 0 Å². The molecule has 0 spiro atoms. The van der Waals surface area contributed by atoms with E-state index in [1.54, 1.807) is 0 Å². The predicted molar refractivity (Wildman–Crippen MR) is 28.0 cm³/mol. The molecule has 60 valence electrons. The van der Waals surface area contributed by atoms with Crippen LogP contribution in [0.2, 0.25) is 0 Å². The summed E-state index contributed by atoms with van der Waals surface area (Å²) in [6.07, 6.45) is -5.05.